The molecule has 10 nitrogen and oxygen atoms in total. The third-order valence-electron chi connectivity index (χ3n) is 9.22. The molecule has 2 spiro atoms. The van der Waals surface area contributed by atoms with E-state index in [1.54, 1.807) is 0 Å². The van der Waals surface area contributed by atoms with Crippen molar-refractivity contribution >= 4 is 17.9 Å². The highest BCUT2D eigenvalue weighted by molar-refractivity contribution is 5.94. The van der Waals surface area contributed by atoms with Crippen molar-refractivity contribution in [1.29, 1.82) is 0 Å². The van der Waals surface area contributed by atoms with E-state index in [4.69, 9.17) is 23.7 Å². The number of rotatable bonds is 1. The van der Waals surface area contributed by atoms with Crippen LogP contribution in [-0.2, 0) is 38.1 Å². The molecule has 0 amide bonds. The largest absolute Gasteiger partial charge is 0.459 e. The van der Waals surface area contributed by atoms with Gasteiger partial charge in [0.25, 0.3) is 0 Å². The van der Waals surface area contributed by atoms with Crippen molar-refractivity contribution < 1.29 is 48.3 Å². The van der Waals surface area contributed by atoms with E-state index in [1.807, 2.05) is 20.8 Å². The number of aliphatic hydroxyl groups excluding tert-OH is 1. The molecule has 6 aliphatic rings. The maximum Gasteiger partial charge on any atom is 0.343 e. The van der Waals surface area contributed by atoms with Gasteiger partial charge in [0.2, 0.25) is 11.9 Å². The van der Waals surface area contributed by atoms with Gasteiger partial charge < -0.3 is 33.9 Å². The summed E-state index contributed by atoms with van der Waals surface area (Å²) in [5.74, 6) is -3.91. The lowest BCUT2D eigenvalue weighted by atomic mass is 9.51. The first kappa shape index (κ1) is 19.9. The Bertz CT molecular complexity index is 941. The first-order valence-corrected chi connectivity index (χ1v) is 10.6. The summed E-state index contributed by atoms with van der Waals surface area (Å²) < 4.78 is 29.0. The van der Waals surface area contributed by atoms with Gasteiger partial charge in [0, 0.05) is 7.11 Å². The molecule has 4 saturated heterocycles. The average Bonchev–Trinajstić information content (AvgIpc) is 3.38. The van der Waals surface area contributed by atoms with E-state index < -0.39 is 87.9 Å². The summed E-state index contributed by atoms with van der Waals surface area (Å²) in [6.07, 6.45) is -5.74. The zero-order valence-corrected chi connectivity index (χ0v) is 17.9. The molecule has 0 aromatic heterocycles. The molecular weight excluding hydrogens is 412 g/mol. The minimum Gasteiger partial charge on any atom is -0.459 e. The van der Waals surface area contributed by atoms with Gasteiger partial charge in [-0.2, -0.15) is 0 Å². The highest BCUT2D eigenvalue weighted by Gasteiger charge is 3.04. The summed E-state index contributed by atoms with van der Waals surface area (Å²) in [5, 5.41) is 23.4. The van der Waals surface area contributed by atoms with Gasteiger partial charge in [0.15, 0.2) is 17.8 Å². The molecule has 2 saturated carbocycles. The SMILES string of the molecule is CO[C@@H]1[C@@H]2OC(=O)[C@@H](C)[C@]2(O)[C@@]23O[C@@H]4OC(=O)[C@H](O)[C@@]45[C@H](C(C)(C)C)C[C@@H](OC2=O)[C@]153. The fraction of sp³-hybridized carbons (Fsp3) is 0.857. The third-order valence-corrected chi connectivity index (χ3v) is 9.22. The van der Waals surface area contributed by atoms with Crippen LogP contribution in [-0.4, -0.2) is 77.1 Å². The molecule has 4 heterocycles. The monoisotopic (exact) mass is 438 g/mol. The molecule has 6 fully saturated rings. The molecule has 0 bridgehead atoms. The van der Waals surface area contributed by atoms with Crippen molar-refractivity contribution in [2.45, 2.75) is 76.0 Å². The minimum atomic E-state index is -2.12. The molecule has 4 aliphatic heterocycles. The van der Waals surface area contributed by atoms with Crippen molar-refractivity contribution in [3.63, 3.8) is 0 Å². The second-order valence-corrected chi connectivity index (χ2v) is 10.9. The van der Waals surface area contributed by atoms with Crippen molar-refractivity contribution in [3.8, 4) is 0 Å². The number of fused-ring (bicyclic) bond motifs is 1. The van der Waals surface area contributed by atoms with Crippen molar-refractivity contribution in [1.82, 2.24) is 0 Å². The van der Waals surface area contributed by atoms with Crippen LogP contribution in [0.1, 0.15) is 34.1 Å². The van der Waals surface area contributed by atoms with Crippen LogP contribution in [0.3, 0.4) is 0 Å². The maximum atomic E-state index is 13.5. The first-order valence-electron chi connectivity index (χ1n) is 10.6. The number of esters is 3. The molecule has 2 aliphatic carbocycles. The van der Waals surface area contributed by atoms with Crippen LogP contribution < -0.4 is 0 Å². The zero-order valence-electron chi connectivity index (χ0n) is 17.9. The summed E-state index contributed by atoms with van der Waals surface area (Å²) in [7, 11) is 1.38. The minimum absolute atomic E-state index is 0.315. The fourth-order valence-electron chi connectivity index (χ4n) is 8.39. The first-order chi connectivity index (χ1) is 14.4. The standard InChI is InChI=1S/C21H26O10/c1-7-13(23)29-12-11(27-5)19-9-6-8(17(2,3)4)18(19)10(22)14(24)30-16(18)31-21(19,15(25)28-9)20(7,12)26/h7-12,16,22,26H,6H2,1-5H3/t7-,8+,9-,10+,11-,12+,16+,18+,19+,20-,21-/m1/s1. The number of aliphatic hydroxyl groups is 2. The van der Waals surface area contributed by atoms with E-state index in [9.17, 15) is 24.6 Å². The van der Waals surface area contributed by atoms with Crippen LogP contribution in [0, 0.1) is 28.1 Å². The van der Waals surface area contributed by atoms with Crippen molar-refractivity contribution in [2.75, 3.05) is 7.11 Å². The number of ether oxygens (including phenoxy) is 5. The van der Waals surface area contributed by atoms with Gasteiger partial charge in [-0.15, -0.1) is 0 Å². The van der Waals surface area contributed by atoms with E-state index in [-0.39, 0.29) is 0 Å². The van der Waals surface area contributed by atoms with Crippen LogP contribution in [0.4, 0.5) is 0 Å². The lowest BCUT2D eigenvalue weighted by molar-refractivity contribution is -0.240. The second-order valence-electron chi connectivity index (χ2n) is 10.9. The number of carbonyl (C=O) groups is 3. The molecule has 0 aromatic carbocycles. The lowest BCUT2D eigenvalue weighted by Crippen LogP contribution is -2.67. The maximum absolute atomic E-state index is 13.5. The van der Waals surface area contributed by atoms with E-state index in [0.717, 1.165) is 0 Å². The normalized spacial score (nSPS) is 58.5. The highest BCUT2D eigenvalue weighted by atomic mass is 16.8. The Morgan fingerprint density at radius 2 is 1.77 bits per heavy atom. The molecule has 0 unspecified atom stereocenters. The van der Waals surface area contributed by atoms with Crippen molar-refractivity contribution in [3.05, 3.63) is 0 Å². The van der Waals surface area contributed by atoms with Gasteiger partial charge in [-0.25, -0.2) is 9.59 Å². The van der Waals surface area contributed by atoms with Crippen LogP contribution in [0.2, 0.25) is 0 Å². The lowest BCUT2D eigenvalue weighted by Gasteiger charge is -2.48. The molecular formula is C21H26O10. The predicted molar refractivity (Wildman–Crippen MR) is 96.8 cm³/mol. The predicted octanol–water partition coefficient (Wildman–Crippen LogP) is -0.715. The second kappa shape index (κ2) is 5.08. The number of hydrogen-bond acceptors (Lipinski definition) is 10. The Morgan fingerprint density at radius 1 is 1.10 bits per heavy atom. The Morgan fingerprint density at radius 3 is 2.39 bits per heavy atom. The summed E-state index contributed by atoms with van der Waals surface area (Å²) in [4.78, 5) is 38.7. The van der Waals surface area contributed by atoms with E-state index in [2.05, 4.69) is 0 Å². The molecule has 0 radical (unpaired) electrons. The molecule has 10 heteroatoms. The average molecular weight is 438 g/mol. The Labute approximate surface area is 178 Å². The Kier molecular flexibility index (Phi) is 3.26. The molecule has 0 aromatic rings. The summed E-state index contributed by atoms with van der Waals surface area (Å²) in [5.41, 5.74) is -7.60. The molecule has 31 heavy (non-hydrogen) atoms. The molecule has 170 valence electrons. The molecule has 6 rings (SSSR count). The van der Waals surface area contributed by atoms with Gasteiger partial charge in [0.1, 0.15) is 12.2 Å². The van der Waals surface area contributed by atoms with Gasteiger partial charge in [-0.1, -0.05) is 20.8 Å². The van der Waals surface area contributed by atoms with Crippen LogP contribution in [0.15, 0.2) is 0 Å². The van der Waals surface area contributed by atoms with Crippen LogP contribution >= 0.6 is 0 Å². The Balaban J connectivity index is 1.73. The van der Waals surface area contributed by atoms with Crippen LogP contribution in [0.25, 0.3) is 0 Å². The van der Waals surface area contributed by atoms with Gasteiger partial charge in [-0.05, 0) is 24.7 Å². The quantitative estimate of drug-likeness (QED) is 0.399. The summed E-state index contributed by atoms with van der Waals surface area (Å²) in [6.45, 7) is 7.36. The van der Waals surface area contributed by atoms with E-state index >= 15 is 0 Å². The zero-order chi connectivity index (χ0) is 22.5. The number of hydrogen-bond donors (Lipinski definition) is 2. The summed E-state index contributed by atoms with van der Waals surface area (Å²) in [6, 6.07) is 0. The highest BCUT2D eigenvalue weighted by Crippen LogP contribution is 2.84. The van der Waals surface area contributed by atoms with E-state index in [0.29, 0.717) is 6.42 Å². The van der Waals surface area contributed by atoms with Crippen molar-refractivity contribution in [2.24, 2.45) is 28.1 Å². The van der Waals surface area contributed by atoms with Gasteiger partial charge >= 0.3 is 17.9 Å². The van der Waals surface area contributed by atoms with E-state index in [1.165, 1.54) is 14.0 Å². The summed E-state index contributed by atoms with van der Waals surface area (Å²) >= 11 is 0. The topological polar surface area (TPSA) is 138 Å². The van der Waals surface area contributed by atoms with Gasteiger partial charge in [0.05, 0.1) is 16.7 Å². The molecule has 11 atom stereocenters. The fourth-order valence-corrected chi connectivity index (χ4v) is 8.39. The number of methoxy groups -OCH3 is 1. The van der Waals surface area contributed by atoms with Crippen LogP contribution in [0.5, 0.6) is 0 Å². The Hall–Kier alpha value is -1.75. The van der Waals surface area contributed by atoms with Gasteiger partial charge in [-0.3, -0.25) is 4.79 Å². The molecule has 2 N–H and O–H groups in total. The number of carbonyl (C=O) groups excluding carboxylic acids is 3. The smallest absolute Gasteiger partial charge is 0.343 e. The third kappa shape index (κ3) is 1.49.